The number of para-hydroxylation sites is 1. The summed E-state index contributed by atoms with van der Waals surface area (Å²) in [7, 11) is 0. The summed E-state index contributed by atoms with van der Waals surface area (Å²) in [6.45, 7) is 1.32. The Labute approximate surface area is 181 Å². The van der Waals surface area contributed by atoms with Crippen LogP contribution < -0.4 is 21.5 Å². The minimum Gasteiger partial charge on any atom is -0.396 e. The van der Waals surface area contributed by atoms with E-state index >= 15 is 0 Å². The first-order chi connectivity index (χ1) is 15.0. The second-order valence-corrected chi connectivity index (χ2v) is 9.07. The summed E-state index contributed by atoms with van der Waals surface area (Å²) < 4.78 is 0.947. The Balaban J connectivity index is 1.55. The molecule has 5 rings (SSSR count). The van der Waals surface area contributed by atoms with Gasteiger partial charge in [-0.3, -0.25) is 9.78 Å². The van der Waals surface area contributed by atoms with E-state index in [2.05, 4.69) is 30.9 Å². The molecule has 0 unspecified atom stereocenters. The zero-order chi connectivity index (χ0) is 21.5. The number of fused-ring (bicyclic) bond motifs is 1. The number of benzene rings is 1. The van der Waals surface area contributed by atoms with E-state index in [1.54, 1.807) is 0 Å². The molecule has 31 heavy (non-hydrogen) atoms. The fourth-order valence-corrected chi connectivity index (χ4v) is 5.04. The van der Waals surface area contributed by atoms with E-state index in [0.29, 0.717) is 17.4 Å². The maximum absolute atomic E-state index is 13.1. The van der Waals surface area contributed by atoms with Crippen molar-refractivity contribution in [3.8, 4) is 10.6 Å². The Morgan fingerprint density at radius 3 is 2.61 bits per heavy atom. The van der Waals surface area contributed by atoms with E-state index in [1.165, 1.54) is 11.3 Å². The van der Waals surface area contributed by atoms with Crippen molar-refractivity contribution < 1.29 is 15.3 Å². The second kappa shape index (κ2) is 8.17. The maximum Gasteiger partial charge on any atom is 0.264 e. The third-order valence-corrected chi connectivity index (χ3v) is 6.96. The molecule has 1 aliphatic carbocycles. The molecule has 11 heteroatoms. The molecule has 0 radical (unpaired) electrons. The molecule has 0 amide bonds. The van der Waals surface area contributed by atoms with Gasteiger partial charge in [0.2, 0.25) is 5.95 Å². The van der Waals surface area contributed by atoms with Gasteiger partial charge in [-0.25, -0.2) is 4.98 Å². The average Bonchev–Trinajstić information content (AvgIpc) is 3.26. The van der Waals surface area contributed by atoms with Gasteiger partial charge in [0.15, 0.2) is 0 Å². The molecule has 1 aliphatic heterocycles. The highest BCUT2D eigenvalue weighted by Crippen LogP contribution is 2.34. The van der Waals surface area contributed by atoms with E-state index in [9.17, 15) is 20.1 Å². The average molecular weight is 445 g/mol. The standard InChI is InChI=1S/C20H24N6O4S/c27-8-9-5-12(16(29)15(9)28)23-17-14(19-24-11-3-1-2-4-13(11)31-19)18(30)26-20(25-17)22-10-6-21-7-10/h1-4,9-10,12,15-16,21,27-29H,5-8H2,(H3,22,23,25,26,30)/t9-,12-,15-,16+/m1/s1. The summed E-state index contributed by atoms with van der Waals surface area (Å²) in [5, 5.41) is 40.1. The minimum absolute atomic E-state index is 0.168. The number of hydrogen-bond donors (Lipinski definition) is 7. The predicted octanol–water partition coefficient (Wildman–Crippen LogP) is -0.0552. The van der Waals surface area contributed by atoms with Crippen LogP contribution in [0.4, 0.5) is 11.8 Å². The Kier molecular flexibility index (Phi) is 5.36. The Bertz CT molecular complexity index is 1110. The van der Waals surface area contributed by atoms with Crippen molar-refractivity contribution in [1.82, 2.24) is 20.3 Å². The first-order valence-corrected chi connectivity index (χ1v) is 11.1. The van der Waals surface area contributed by atoms with Crippen molar-refractivity contribution >= 4 is 33.3 Å². The lowest BCUT2D eigenvalue weighted by atomic mass is 10.1. The van der Waals surface area contributed by atoms with Gasteiger partial charge in [-0.1, -0.05) is 12.1 Å². The van der Waals surface area contributed by atoms with Crippen molar-refractivity contribution in [2.45, 2.75) is 30.7 Å². The summed E-state index contributed by atoms with van der Waals surface area (Å²) in [4.78, 5) is 25.1. The van der Waals surface area contributed by atoms with Gasteiger partial charge in [-0.2, -0.15) is 4.98 Å². The summed E-state index contributed by atoms with van der Waals surface area (Å²) in [5.41, 5.74) is 0.720. The van der Waals surface area contributed by atoms with Gasteiger partial charge in [0, 0.05) is 25.6 Å². The molecule has 2 aliphatic rings. The van der Waals surface area contributed by atoms with E-state index in [-0.39, 0.29) is 29.6 Å². The number of aliphatic hydroxyl groups is 3. The molecular formula is C20H24N6O4S. The van der Waals surface area contributed by atoms with Crippen LogP contribution in [0.5, 0.6) is 0 Å². The van der Waals surface area contributed by atoms with Crippen LogP contribution in [-0.4, -0.2) is 74.3 Å². The molecule has 0 bridgehead atoms. The highest BCUT2D eigenvalue weighted by atomic mass is 32.1. The molecule has 7 N–H and O–H groups in total. The number of nitrogens with zero attached hydrogens (tertiary/aromatic N) is 2. The van der Waals surface area contributed by atoms with Gasteiger partial charge < -0.3 is 31.3 Å². The fourth-order valence-electron chi connectivity index (χ4n) is 4.03. The topological polar surface area (TPSA) is 155 Å². The number of aromatic nitrogens is 3. The van der Waals surface area contributed by atoms with Crippen LogP contribution in [0.1, 0.15) is 6.42 Å². The van der Waals surface area contributed by atoms with E-state index in [1.807, 2.05) is 24.3 Å². The number of nitrogens with one attached hydrogen (secondary N) is 4. The lowest BCUT2D eigenvalue weighted by molar-refractivity contribution is 0.00446. The van der Waals surface area contributed by atoms with Gasteiger partial charge in [-0.15, -0.1) is 11.3 Å². The molecule has 164 valence electrons. The molecule has 3 aromatic rings. The Morgan fingerprint density at radius 1 is 1.13 bits per heavy atom. The first kappa shape index (κ1) is 20.3. The third kappa shape index (κ3) is 3.79. The second-order valence-electron chi connectivity index (χ2n) is 8.03. The summed E-state index contributed by atoms with van der Waals surface area (Å²) >= 11 is 1.39. The summed E-state index contributed by atoms with van der Waals surface area (Å²) in [5.74, 6) is 0.169. The number of anilines is 2. The van der Waals surface area contributed by atoms with Crippen LogP contribution in [0, 0.1) is 5.92 Å². The predicted molar refractivity (Wildman–Crippen MR) is 118 cm³/mol. The zero-order valence-corrected chi connectivity index (χ0v) is 17.4. The minimum atomic E-state index is -1.09. The van der Waals surface area contributed by atoms with Crippen LogP contribution >= 0.6 is 11.3 Å². The maximum atomic E-state index is 13.1. The smallest absolute Gasteiger partial charge is 0.264 e. The number of hydrogen-bond acceptors (Lipinski definition) is 10. The normalized spacial score (nSPS) is 26.2. The van der Waals surface area contributed by atoms with E-state index in [0.717, 1.165) is 23.3 Å². The number of H-pyrrole nitrogens is 1. The molecular weight excluding hydrogens is 420 g/mol. The molecule has 4 atom stereocenters. The highest BCUT2D eigenvalue weighted by Gasteiger charge is 2.41. The highest BCUT2D eigenvalue weighted by molar-refractivity contribution is 7.21. The molecule has 1 aromatic carbocycles. The Morgan fingerprint density at radius 2 is 1.94 bits per heavy atom. The summed E-state index contributed by atoms with van der Waals surface area (Å²) in [6, 6.07) is 7.23. The number of aliphatic hydroxyl groups excluding tert-OH is 3. The molecule has 2 fully saturated rings. The molecule has 1 saturated carbocycles. The van der Waals surface area contributed by atoms with Crippen molar-refractivity contribution in [3.63, 3.8) is 0 Å². The van der Waals surface area contributed by atoms with Crippen LogP contribution in [0.2, 0.25) is 0 Å². The van der Waals surface area contributed by atoms with Gasteiger partial charge in [0.1, 0.15) is 22.5 Å². The lowest BCUT2D eigenvalue weighted by Gasteiger charge is -2.28. The summed E-state index contributed by atoms with van der Waals surface area (Å²) in [6.07, 6.45) is -1.79. The SMILES string of the molecule is O=c1[nH]c(NC2CNC2)nc(N[C@@H]2C[C@H](CO)[C@@H](O)[C@H]2O)c1-c1nc2ccccc2s1. The number of aromatic amines is 1. The van der Waals surface area contributed by atoms with Crippen molar-refractivity contribution in [3.05, 3.63) is 34.6 Å². The van der Waals surface area contributed by atoms with Gasteiger partial charge in [0.05, 0.1) is 28.4 Å². The molecule has 10 nitrogen and oxygen atoms in total. The van der Waals surface area contributed by atoms with Crippen molar-refractivity contribution in [1.29, 1.82) is 0 Å². The molecule has 0 spiro atoms. The number of thiazole rings is 1. The fraction of sp³-hybridized carbons (Fsp3) is 0.450. The molecule has 1 saturated heterocycles. The van der Waals surface area contributed by atoms with Crippen LogP contribution in [0.15, 0.2) is 29.1 Å². The van der Waals surface area contributed by atoms with E-state index < -0.39 is 24.2 Å². The van der Waals surface area contributed by atoms with Crippen LogP contribution in [0.3, 0.4) is 0 Å². The molecule has 2 aromatic heterocycles. The quantitative estimate of drug-likeness (QED) is 0.277. The first-order valence-electron chi connectivity index (χ1n) is 10.2. The lowest BCUT2D eigenvalue weighted by Crippen LogP contribution is -2.51. The van der Waals surface area contributed by atoms with Gasteiger partial charge >= 0.3 is 0 Å². The largest absolute Gasteiger partial charge is 0.396 e. The van der Waals surface area contributed by atoms with Crippen LogP contribution in [-0.2, 0) is 0 Å². The van der Waals surface area contributed by atoms with E-state index in [4.69, 9.17) is 0 Å². The zero-order valence-electron chi connectivity index (χ0n) is 16.6. The number of rotatable bonds is 6. The monoisotopic (exact) mass is 444 g/mol. The van der Waals surface area contributed by atoms with Gasteiger partial charge in [0.25, 0.3) is 5.56 Å². The van der Waals surface area contributed by atoms with Crippen molar-refractivity contribution in [2.24, 2.45) is 5.92 Å². The molecule has 3 heterocycles. The van der Waals surface area contributed by atoms with Crippen LogP contribution in [0.25, 0.3) is 20.8 Å². The Hall–Kier alpha value is -2.57. The third-order valence-electron chi connectivity index (χ3n) is 5.91. The van der Waals surface area contributed by atoms with Gasteiger partial charge in [-0.05, 0) is 18.6 Å². The van der Waals surface area contributed by atoms with Crippen molar-refractivity contribution in [2.75, 3.05) is 30.3 Å².